The number of alkyl halides is 3. The number of hydrogen-bond acceptors (Lipinski definition) is 6. The number of methoxy groups -OCH3 is 3. The number of rotatable bonds is 10. The Bertz CT molecular complexity index is 1420. The Morgan fingerprint density at radius 1 is 0.949 bits per heavy atom. The summed E-state index contributed by atoms with van der Waals surface area (Å²) < 4.78 is 84.1. The van der Waals surface area contributed by atoms with Gasteiger partial charge in [-0.05, 0) is 55.0 Å². The zero-order chi connectivity index (χ0) is 29.0. The number of amides is 1. The predicted molar refractivity (Wildman–Crippen MR) is 140 cm³/mol. The molecule has 0 bridgehead atoms. The van der Waals surface area contributed by atoms with E-state index in [4.69, 9.17) is 25.8 Å². The molecule has 13 heteroatoms. The van der Waals surface area contributed by atoms with E-state index in [9.17, 15) is 26.4 Å². The fraction of sp³-hybridized carbons (Fsp3) is 0.269. The summed E-state index contributed by atoms with van der Waals surface area (Å²) in [5, 5.41) is 1.98. The van der Waals surface area contributed by atoms with Crippen LogP contribution >= 0.6 is 11.6 Å². The largest absolute Gasteiger partial charge is 0.493 e. The molecule has 8 nitrogen and oxygen atoms in total. The van der Waals surface area contributed by atoms with E-state index in [0.717, 1.165) is 17.7 Å². The molecule has 0 aromatic heterocycles. The van der Waals surface area contributed by atoms with Gasteiger partial charge in [-0.3, -0.25) is 9.10 Å². The number of halogens is 4. The van der Waals surface area contributed by atoms with Gasteiger partial charge in [-0.1, -0.05) is 29.3 Å². The van der Waals surface area contributed by atoms with Gasteiger partial charge >= 0.3 is 6.18 Å². The van der Waals surface area contributed by atoms with Gasteiger partial charge in [0.25, 0.3) is 10.0 Å². The lowest BCUT2D eigenvalue weighted by atomic mass is 10.1. The summed E-state index contributed by atoms with van der Waals surface area (Å²) in [5.74, 6) is 0.243. The lowest BCUT2D eigenvalue weighted by Crippen LogP contribution is -2.40. The van der Waals surface area contributed by atoms with Crippen molar-refractivity contribution in [3.63, 3.8) is 0 Å². The van der Waals surface area contributed by atoms with Crippen LogP contribution in [0.4, 0.5) is 18.9 Å². The number of anilines is 1. The van der Waals surface area contributed by atoms with Gasteiger partial charge < -0.3 is 19.5 Å². The molecule has 1 amide bonds. The van der Waals surface area contributed by atoms with Crippen LogP contribution in [0, 0.1) is 6.92 Å². The minimum absolute atomic E-state index is 0.0671. The molecular formula is C26H26ClF3N2O6S. The molecule has 0 aliphatic heterocycles. The van der Waals surface area contributed by atoms with Crippen molar-refractivity contribution in [2.75, 3.05) is 32.2 Å². The van der Waals surface area contributed by atoms with Gasteiger partial charge in [0.15, 0.2) is 11.5 Å². The van der Waals surface area contributed by atoms with Crippen LogP contribution in [0.25, 0.3) is 0 Å². The van der Waals surface area contributed by atoms with Gasteiger partial charge in [-0.25, -0.2) is 8.42 Å². The van der Waals surface area contributed by atoms with Crippen molar-refractivity contribution >= 4 is 33.2 Å². The Balaban J connectivity index is 1.96. The Hall–Kier alpha value is -3.64. The molecule has 3 aromatic rings. The fourth-order valence-corrected chi connectivity index (χ4v) is 5.30. The first kappa shape index (κ1) is 29.9. The monoisotopic (exact) mass is 586 g/mol. The van der Waals surface area contributed by atoms with E-state index >= 15 is 0 Å². The molecule has 0 atom stereocenters. The van der Waals surface area contributed by atoms with E-state index in [-0.39, 0.29) is 17.1 Å². The standard InChI is InChI=1S/C26H26ClF3N2O6S/c1-16-5-8-19(9-6-16)39(34,35)32(18-7-10-21(27)20(13-18)26(28,29)30)15-24(33)31-14-17-11-22(36-2)25(38-4)23(12-17)37-3/h5-13H,14-15H2,1-4H3,(H,31,33). The lowest BCUT2D eigenvalue weighted by Gasteiger charge is -2.25. The SMILES string of the molecule is COc1cc(CNC(=O)CN(c2ccc(Cl)c(C(F)(F)F)c2)S(=O)(=O)c2ccc(C)cc2)cc(OC)c1OC. The highest BCUT2D eigenvalue weighted by molar-refractivity contribution is 7.92. The first-order valence-corrected chi connectivity index (χ1v) is 13.1. The topological polar surface area (TPSA) is 94.2 Å². The smallest absolute Gasteiger partial charge is 0.417 e. The predicted octanol–water partition coefficient (Wildman–Crippen LogP) is 5.20. The van der Waals surface area contributed by atoms with Gasteiger partial charge in [0.1, 0.15) is 6.54 Å². The second-order valence-electron chi connectivity index (χ2n) is 8.30. The summed E-state index contributed by atoms with van der Waals surface area (Å²) in [6.07, 6.45) is -4.85. The van der Waals surface area contributed by atoms with Crippen molar-refractivity contribution in [2.24, 2.45) is 0 Å². The minimum Gasteiger partial charge on any atom is -0.493 e. The Morgan fingerprint density at radius 3 is 2.05 bits per heavy atom. The van der Waals surface area contributed by atoms with Crippen LogP contribution in [0.3, 0.4) is 0 Å². The molecule has 0 heterocycles. The number of sulfonamides is 1. The number of carbonyl (C=O) groups excluding carboxylic acids is 1. The summed E-state index contributed by atoms with van der Waals surface area (Å²) in [6, 6.07) is 11.5. The summed E-state index contributed by atoms with van der Waals surface area (Å²) in [7, 11) is -0.162. The van der Waals surface area contributed by atoms with Crippen molar-refractivity contribution in [3.8, 4) is 17.2 Å². The summed E-state index contributed by atoms with van der Waals surface area (Å²) in [6.45, 7) is 0.877. The van der Waals surface area contributed by atoms with Gasteiger partial charge in [0, 0.05) is 6.54 Å². The summed E-state index contributed by atoms with van der Waals surface area (Å²) >= 11 is 5.73. The Morgan fingerprint density at radius 2 is 1.54 bits per heavy atom. The molecule has 0 saturated carbocycles. The molecule has 3 aromatic carbocycles. The second kappa shape index (κ2) is 12.0. The van der Waals surface area contributed by atoms with Crippen molar-refractivity contribution < 1.29 is 40.6 Å². The molecule has 1 N–H and O–H groups in total. The summed E-state index contributed by atoms with van der Waals surface area (Å²) in [4.78, 5) is 12.8. The van der Waals surface area contributed by atoms with Gasteiger partial charge in [-0.15, -0.1) is 0 Å². The average molecular weight is 587 g/mol. The van der Waals surface area contributed by atoms with Crippen LogP contribution in [0.15, 0.2) is 59.5 Å². The highest BCUT2D eigenvalue weighted by atomic mass is 35.5. The van der Waals surface area contributed by atoms with E-state index < -0.39 is 39.2 Å². The maximum absolute atomic E-state index is 13.5. The van der Waals surface area contributed by atoms with E-state index in [0.29, 0.717) is 33.2 Å². The Kier molecular flexibility index (Phi) is 9.23. The van der Waals surface area contributed by atoms with E-state index in [1.165, 1.54) is 33.5 Å². The Labute approximate surface area is 229 Å². The van der Waals surface area contributed by atoms with Crippen LogP contribution in [-0.2, 0) is 27.5 Å². The lowest BCUT2D eigenvalue weighted by molar-refractivity contribution is -0.137. The quantitative estimate of drug-likeness (QED) is 0.351. The molecule has 0 radical (unpaired) electrons. The maximum atomic E-state index is 13.5. The highest BCUT2D eigenvalue weighted by Crippen LogP contribution is 2.39. The third-order valence-electron chi connectivity index (χ3n) is 5.65. The van der Waals surface area contributed by atoms with Gasteiger partial charge in [0.05, 0.1) is 42.5 Å². The van der Waals surface area contributed by atoms with E-state index in [1.54, 1.807) is 31.2 Å². The zero-order valence-corrected chi connectivity index (χ0v) is 23.0. The van der Waals surface area contributed by atoms with Crippen molar-refractivity contribution in [1.82, 2.24) is 5.32 Å². The van der Waals surface area contributed by atoms with Crippen LogP contribution < -0.4 is 23.8 Å². The minimum atomic E-state index is -4.85. The molecule has 210 valence electrons. The van der Waals surface area contributed by atoms with Crippen molar-refractivity contribution in [3.05, 3.63) is 76.3 Å². The van der Waals surface area contributed by atoms with E-state index in [2.05, 4.69) is 5.32 Å². The van der Waals surface area contributed by atoms with Crippen molar-refractivity contribution in [2.45, 2.75) is 24.5 Å². The molecule has 39 heavy (non-hydrogen) atoms. The van der Waals surface area contributed by atoms with Gasteiger partial charge in [0.2, 0.25) is 11.7 Å². The van der Waals surface area contributed by atoms with Crippen molar-refractivity contribution in [1.29, 1.82) is 0 Å². The highest BCUT2D eigenvalue weighted by Gasteiger charge is 2.35. The first-order chi connectivity index (χ1) is 18.3. The molecule has 0 fully saturated rings. The molecule has 3 rings (SSSR count). The third-order valence-corrected chi connectivity index (χ3v) is 7.77. The van der Waals surface area contributed by atoms with E-state index in [1.807, 2.05) is 0 Å². The first-order valence-electron chi connectivity index (χ1n) is 11.3. The third kappa shape index (κ3) is 6.87. The molecule has 0 aliphatic carbocycles. The fourth-order valence-electron chi connectivity index (χ4n) is 3.66. The number of nitrogens with one attached hydrogen (secondary N) is 1. The summed E-state index contributed by atoms with van der Waals surface area (Å²) in [5.41, 5.74) is -0.301. The number of hydrogen-bond donors (Lipinski definition) is 1. The van der Waals surface area contributed by atoms with Crippen LogP contribution in [0.2, 0.25) is 5.02 Å². The molecule has 0 saturated heterocycles. The van der Waals surface area contributed by atoms with Crippen LogP contribution in [0.1, 0.15) is 16.7 Å². The number of aryl methyl sites for hydroxylation is 1. The molecule has 0 unspecified atom stereocenters. The number of carbonyl (C=O) groups is 1. The molecule has 0 spiro atoms. The number of nitrogens with zero attached hydrogens (tertiary/aromatic N) is 1. The number of ether oxygens (including phenoxy) is 3. The van der Waals surface area contributed by atoms with Crippen LogP contribution in [-0.4, -0.2) is 42.2 Å². The van der Waals surface area contributed by atoms with Crippen LogP contribution in [0.5, 0.6) is 17.2 Å². The normalized spacial score (nSPS) is 11.6. The molecule has 0 aliphatic rings. The van der Waals surface area contributed by atoms with Gasteiger partial charge in [-0.2, -0.15) is 13.2 Å². The zero-order valence-electron chi connectivity index (χ0n) is 21.4. The average Bonchev–Trinajstić information content (AvgIpc) is 2.89. The molecular weight excluding hydrogens is 561 g/mol. The number of benzene rings is 3. The maximum Gasteiger partial charge on any atom is 0.417 e. The second-order valence-corrected chi connectivity index (χ2v) is 10.6.